The molecular formula is C18H26N2O2. The van der Waals surface area contributed by atoms with Gasteiger partial charge in [-0.2, -0.15) is 0 Å². The molecule has 4 nitrogen and oxygen atoms in total. The summed E-state index contributed by atoms with van der Waals surface area (Å²) in [7, 11) is 0. The number of anilines is 1. The monoisotopic (exact) mass is 302 g/mol. The van der Waals surface area contributed by atoms with Crippen molar-refractivity contribution in [3.63, 3.8) is 0 Å². The Morgan fingerprint density at radius 1 is 1.09 bits per heavy atom. The van der Waals surface area contributed by atoms with Crippen LogP contribution in [0.25, 0.3) is 0 Å². The van der Waals surface area contributed by atoms with Gasteiger partial charge in [0.25, 0.3) is 0 Å². The number of rotatable bonds is 4. The van der Waals surface area contributed by atoms with Gasteiger partial charge < -0.3 is 15.0 Å². The number of piperidine rings is 1. The van der Waals surface area contributed by atoms with E-state index in [2.05, 4.69) is 40.5 Å². The van der Waals surface area contributed by atoms with Crippen LogP contribution in [0.4, 0.5) is 5.69 Å². The summed E-state index contributed by atoms with van der Waals surface area (Å²) in [6.07, 6.45) is 4.06. The Morgan fingerprint density at radius 2 is 1.77 bits per heavy atom. The van der Waals surface area contributed by atoms with Crippen molar-refractivity contribution in [1.29, 1.82) is 0 Å². The Labute approximate surface area is 132 Å². The molecule has 2 heterocycles. The summed E-state index contributed by atoms with van der Waals surface area (Å²) in [6, 6.07) is 10.6. The van der Waals surface area contributed by atoms with Crippen LogP contribution in [-0.2, 0) is 9.53 Å². The number of hydrogen-bond donors (Lipinski definition) is 1. The molecule has 0 aliphatic carbocycles. The van der Waals surface area contributed by atoms with Crippen LogP contribution in [0, 0.1) is 11.8 Å². The Hall–Kier alpha value is -1.55. The quantitative estimate of drug-likeness (QED) is 0.929. The van der Waals surface area contributed by atoms with Crippen molar-refractivity contribution >= 4 is 11.6 Å². The summed E-state index contributed by atoms with van der Waals surface area (Å²) in [5.74, 6) is 1.01. The van der Waals surface area contributed by atoms with E-state index in [0.29, 0.717) is 5.92 Å². The van der Waals surface area contributed by atoms with Gasteiger partial charge in [0.2, 0.25) is 5.91 Å². The van der Waals surface area contributed by atoms with Crippen LogP contribution in [0.3, 0.4) is 0 Å². The molecule has 2 saturated heterocycles. The van der Waals surface area contributed by atoms with Crippen LogP contribution in [-0.4, -0.2) is 38.8 Å². The first-order valence-electron chi connectivity index (χ1n) is 8.48. The molecule has 1 amide bonds. The van der Waals surface area contributed by atoms with Crippen LogP contribution in [0.15, 0.2) is 30.3 Å². The summed E-state index contributed by atoms with van der Waals surface area (Å²) in [6.45, 7) is 4.46. The van der Waals surface area contributed by atoms with E-state index in [0.717, 1.165) is 58.5 Å². The third-order valence-electron chi connectivity index (χ3n) is 4.89. The number of nitrogens with one attached hydrogen (secondary N) is 1. The molecule has 1 aromatic rings. The molecule has 0 unspecified atom stereocenters. The minimum absolute atomic E-state index is 0.165. The molecule has 4 heteroatoms. The number of para-hydroxylation sites is 1. The van der Waals surface area contributed by atoms with E-state index in [1.54, 1.807) is 0 Å². The van der Waals surface area contributed by atoms with Gasteiger partial charge in [0.05, 0.1) is 0 Å². The zero-order valence-corrected chi connectivity index (χ0v) is 13.2. The third kappa shape index (κ3) is 4.01. The molecule has 0 saturated carbocycles. The molecule has 1 N–H and O–H groups in total. The normalized spacial score (nSPS) is 20.8. The molecule has 0 atom stereocenters. The lowest BCUT2D eigenvalue weighted by molar-refractivity contribution is -0.128. The van der Waals surface area contributed by atoms with E-state index in [9.17, 15) is 4.79 Å². The van der Waals surface area contributed by atoms with Gasteiger partial charge in [-0.05, 0) is 43.7 Å². The van der Waals surface area contributed by atoms with Crippen molar-refractivity contribution in [3.8, 4) is 0 Å². The molecule has 0 spiro atoms. The van der Waals surface area contributed by atoms with Gasteiger partial charge in [-0.25, -0.2) is 0 Å². The lowest BCUT2D eigenvalue weighted by Crippen LogP contribution is -2.41. The second-order valence-electron chi connectivity index (χ2n) is 6.40. The van der Waals surface area contributed by atoms with Crippen LogP contribution >= 0.6 is 0 Å². The number of benzene rings is 1. The van der Waals surface area contributed by atoms with Crippen LogP contribution < -0.4 is 10.2 Å². The minimum atomic E-state index is 0.165. The number of amides is 1. The minimum Gasteiger partial charge on any atom is -0.381 e. The summed E-state index contributed by atoms with van der Waals surface area (Å²) >= 11 is 0. The van der Waals surface area contributed by atoms with Gasteiger partial charge in [0, 0.05) is 44.5 Å². The van der Waals surface area contributed by atoms with E-state index in [-0.39, 0.29) is 11.8 Å². The fourth-order valence-corrected chi connectivity index (χ4v) is 3.38. The number of ether oxygens (including phenoxy) is 1. The Balaban J connectivity index is 1.39. The predicted molar refractivity (Wildman–Crippen MR) is 87.9 cm³/mol. The maximum atomic E-state index is 12.1. The second kappa shape index (κ2) is 7.63. The van der Waals surface area contributed by atoms with Crippen molar-refractivity contribution in [2.24, 2.45) is 11.8 Å². The maximum absolute atomic E-state index is 12.1. The van der Waals surface area contributed by atoms with E-state index >= 15 is 0 Å². The van der Waals surface area contributed by atoms with Crippen LogP contribution in [0.2, 0.25) is 0 Å². The zero-order chi connectivity index (χ0) is 15.2. The fourth-order valence-electron chi connectivity index (χ4n) is 3.38. The average molecular weight is 302 g/mol. The van der Waals surface area contributed by atoms with Crippen LogP contribution in [0.5, 0.6) is 0 Å². The molecular weight excluding hydrogens is 276 g/mol. The average Bonchev–Trinajstić information content (AvgIpc) is 2.61. The predicted octanol–water partition coefficient (Wildman–Crippen LogP) is 2.45. The van der Waals surface area contributed by atoms with Gasteiger partial charge in [0.1, 0.15) is 0 Å². The SMILES string of the molecule is O=C(NCC1CCN(c2ccccc2)CC1)C1CCOCC1. The Morgan fingerprint density at radius 3 is 2.45 bits per heavy atom. The number of carbonyl (C=O) groups excluding carboxylic acids is 1. The smallest absolute Gasteiger partial charge is 0.223 e. The summed E-state index contributed by atoms with van der Waals surface area (Å²) in [5, 5.41) is 3.16. The maximum Gasteiger partial charge on any atom is 0.223 e. The first-order valence-corrected chi connectivity index (χ1v) is 8.48. The van der Waals surface area contributed by atoms with Crippen molar-refractivity contribution < 1.29 is 9.53 Å². The highest BCUT2D eigenvalue weighted by Gasteiger charge is 2.24. The molecule has 1 aromatic carbocycles. The van der Waals surface area contributed by atoms with Gasteiger partial charge in [-0.1, -0.05) is 18.2 Å². The molecule has 0 radical (unpaired) electrons. The van der Waals surface area contributed by atoms with Gasteiger partial charge in [-0.15, -0.1) is 0 Å². The van der Waals surface area contributed by atoms with Crippen molar-refractivity contribution in [2.45, 2.75) is 25.7 Å². The molecule has 2 aliphatic rings. The molecule has 2 aliphatic heterocycles. The standard InChI is InChI=1S/C18H26N2O2/c21-18(16-8-12-22-13-9-16)19-14-15-6-10-20(11-7-15)17-4-2-1-3-5-17/h1-5,15-16H,6-14H2,(H,19,21). The summed E-state index contributed by atoms with van der Waals surface area (Å²) < 4.78 is 5.31. The second-order valence-corrected chi connectivity index (χ2v) is 6.40. The zero-order valence-electron chi connectivity index (χ0n) is 13.2. The first kappa shape index (κ1) is 15.3. The van der Waals surface area contributed by atoms with Crippen molar-refractivity contribution in [3.05, 3.63) is 30.3 Å². The van der Waals surface area contributed by atoms with E-state index in [4.69, 9.17) is 4.74 Å². The molecule has 120 valence electrons. The molecule has 0 aromatic heterocycles. The number of hydrogen-bond acceptors (Lipinski definition) is 3. The van der Waals surface area contributed by atoms with Crippen molar-refractivity contribution in [2.75, 3.05) is 37.7 Å². The first-order chi connectivity index (χ1) is 10.8. The van der Waals surface area contributed by atoms with Gasteiger partial charge >= 0.3 is 0 Å². The summed E-state index contributed by atoms with van der Waals surface area (Å²) in [4.78, 5) is 14.6. The van der Waals surface area contributed by atoms with E-state index in [1.807, 2.05) is 0 Å². The van der Waals surface area contributed by atoms with E-state index in [1.165, 1.54) is 5.69 Å². The summed E-state index contributed by atoms with van der Waals surface area (Å²) in [5.41, 5.74) is 1.31. The molecule has 0 bridgehead atoms. The van der Waals surface area contributed by atoms with Gasteiger partial charge in [-0.3, -0.25) is 4.79 Å². The van der Waals surface area contributed by atoms with Crippen LogP contribution in [0.1, 0.15) is 25.7 Å². The highest BCUT2D eigenvalue weighted by atomic mass is 16.5. The van der Waals surface area contributed by atoms with E-state index < -0.39 is 0 Å². The number of nitrogens with zero attached hydrogens (tertiary/aromatic N) is 1. The molecule has 22 heavy (non-hydrogen) atoms. The fraction of sp³-hybridized carbons (Fsp3) is 0.611. The largest absolute Gasteiger partial charge is 0.381 e. The van der Waals surface area contributed by atoms with Gasteiger partial charge in [0.15, 0.2) is 0 Å². The third-order valence-corrected chi connectivity index (χ3v) is 4.89. The van der Waals surface area contributed by atoms with Crippen molar-refractivity contribution in [1.82, 2.24) is 5.32 Å². The highest BCUT2D eigenvalue weighted by molar-refractivity contribution is 5.78. The lowest BCUT2D eigenvalue weighted by Gasteiger charge is -2.34. The Kier molecular flexibility index (Phi) is 5.33. The molecule has 2 fully saturated rings. The highest BCUT2D eigenvalue weighted by Crippen LogP contribution is 2.23. The Bertz CT molecular complexity index is 463. The number of carbonyl (C=O) groups is 1. The molecule has 3 rings (SSSR count). The topological polar surface area (TPSA) is 41.6 Å². The lowest BCUT2D eigenvalue weighted by atomic mass is 9.95.